The lowest BCUT2D eigenvalue weighted by molar-refractivity contribution is 0.397. The molecule has 0 aliphatic carbocycles. The highest BCUT2D eigenvalue weighted by atomic mass is 16.5. The average molecular weight is 331 g/mol. The lowest BCUT2D eigenvalue weighted by atomic mass is 10.3. The second kappa shape index (κ2) is 9.49. The molecule has 0 saturated carbocycles. The Labute approximate surface area is 142 Å². The van der Waals surface area contributed by atoms with Gasteiger partial charge >= 0.3 is 0 Å². The molecule has 0 aromatic carbocycles. The van der Waals surface area contributed by atoms with Gasteiger partial charge in [0.2, 0.25) is 5.88 Å². The predicted molar refractivity (Wildman–Crippen MR) is 93.0 cm³/mol. The van der Waals surface area contributed by atoms with E-state index in [9.17, 15) is 0 Å². The van der Waals surface area contributed by atoms with E-state index in [1.54, 1.807) is 19.6 Å². The van der Waals surface area contributed by atoms with Gasteiger partial charge in [-0.1, -0.05) is 6.92 Å². The number of methoxy groups -OCH3 is 1. The van der Waals surface area contributed by atoms with Gasteiger partial charge in [0.05, 0.1) is 13.7 Å². The molecule has 8 nitrogen and oxygen atoms in total. The average Bonchev–Trinajstić information content (AvgIpc) is 3.07. The van der Waals surface area contributed by atoms with Gasteiger partial charge in [0.25, 0.3) is 0 Å². The van der Waals surface area contributed by atoms with Gasteiger partial charge in [-0.05, 0) is 18.6 Å². The van der Waals surface area contributed by atoms with Gasteiger partial charge in [0.1, 0.15) is 12.2 Å². The van der Waals surface area contributed by atoms with E-state index in [2.05, 4.69) is 37.7 Å². The number of hydrogen-bond acceptors (Lipinski definition) is 5. The number of guanidine groups is 1. The zero-order valence-electron chi connectivity index (χ0n) is 14.5. The van der Waals surface area contributed by atoms with E-state index < -0.39 is 0 Å². The van der Waals surface area contributed by atoms with Crippen molar-refractivity contribution in [2.75, 3.05) is 20.2 Å². The maximum absolute atomic E-state index is 5.13. The van der Waals surface area contributed by atoms with E-state index in [0.29, 0.717) is 12.4 Å². The summed E-state index contributed by atoms with van der Waals surface area (Å²) in [6.45, 7) is 7.02. The number of rotatable bonds is 8. The lowest BCUT2D eigenvalue weighted by Crippen LogP contribution is -2.38. The van der Waals surface area contributed by atoms with Crippen LogP contribution in [-0.4, -0.2) is 45.9 Å². The Kier molecular flexibility index (Phi) is 7.00. The van der Waals surface area contributed by atoms with Gasteiger partial charge in [-0.15, -0.1) is 10.2 Å². The summed E-state index contributed by atoms with van der Waals surface area (Å²) in [5.74, 6) is 2.36. The first kappa shape index (κ1) is 17.7. The van der Waals surface area contributed by atoms with Crippen molar-refractivity contribution in [3.63, 3.8) is 0 Å². The zero-order chi connectivity index (χ0) is 17.2. The summed E-state index contributed by atoms with van der Waals surface area (Å²) in [6.07, 6.45) is 4.36. The van der Waals surface area contributed by atoms with Crippen molar-refractivity contribution in [2.45, 2.75) is 33.4 Å². The normalized spacial score (nSPS) is 11.4. The van der Waals surface area contributed by atoms with Crippen LogP contribution in [0, 0.1) is 0 Å². The van der Waals surface area contributed by atoms with Crippen molar-refractivity contribution in [2.24, 2.45) is 4.99 Å². The fourth-order valence-electron chi connectivity index (χ4n) is 2.21. The second-order valence-electron chi connectivity index (χ2n) is 5.12. The molecule has 130 valence electrons. The number of hydrogen-bond donors (Lipinski definition) is 2. The summed E-state index contributed by atoms with van der Waals surface area (Å²) in [7, 11) is 1.61. The minimum atomic E-state index is 0.557. The van der Waals surface area contributed by atoms with Crippen LogP contribution in [0.3, 0.4) is 0 Å². The molecule has 2 aromatic heterocycles. The Bertz CT molecular complexity index is 653. The Hall–Kier alpha value is -2.64. The third-order valence-electron chi connectivity index (χ3n) is 3.43. The van der Waals surface area contributed by atoms with Crippen molar-refractivity contribution in [1.82, 2.24) is 30.4 Å². The number of nitrogens with zero attached hydrogens (tertiary/aromatic N) is 5. The zero-order valence-corrected chi connectivity index (χ0v) is 14.5. The minimum Gasteiger partial charge on any atom is -0.481 e. The highest BCUT2D eigenvalue weighted by Crippen LogP contribution is 2.09. The van der Waals surface area contributed by atoms with E-state index in [4.69, 9.17) is 4.74 Å². The first-order valence-electron chi connectivity index (χ1n) is 8.14. The van der Waals surface area contributed by atoms with Crippen LogP contribution in [0.25, 0.3) is 0 Å². The van der Waals surface area contributed by atoms with Crippen molar-refractivity contribution in [1.29, 1.82) is 0 Å². The molecule has 0 unspecified atom stereocenters. The lowest BCUT2D eigenvalue weighted by Gasteiger charge is -2.12. The Morgan fingerprint density at radius 3 is 2.96 bits per heavy atom. The predicted octanol–water partition coefficient (Wildman–Crippen LogP) is 0.999. The van der Waals surface area contributed by atoms with Gasteiger partial charge in [0.15, 0.2) is 5.96 Å². The Morgan fingerprint density at radius 2 is 2.21 bits per heavy atom. The molecule has 24 heavy (non-hydrogen) atoms. The fraction of sp³-hybridized carbons (Fsp3) is 0.500. The molecule has 0 amide bonds. The third-order valence-corrected chi connectivity index (χ3v) is 3.43. The Morgan fingerprint density at radius 1 is 1.33 bits per heavy atom. The summed E-state index contributed by atoms with van der Waals surface area (Å²) < 4.78 is 7.18. The van der Waals surface area contributed by atoms with Gasteiger partial charge in [-0.25, -0.2) is 9.98 Å². The molecule has 2 N–H and O–H groups in total. The van der Waals surface area contributed by atoms with E-state index in [1.165, 1.54) is 0 Å². The molecular formula is C16H25N7O. The first-order valence-corrected chi connectivity index (χ1v) is 8.14. The summed E-state index contributed by atoms with van der Waals surface area (Å²) in [5, 5.41) is 14.6. The van der Waals surface area contributed by atoms with Crippen LogP contribution in [0.15, 0.2) is 29.6 Å². The monoisotopic (exact) mass is 331 g/mol. The largest absolute Gasteiger partial charge is 0.481 e. The highest BCUT2D eigenvalue weighted by Gasteiger charge is 2.03. The van der Waals surface area contributed by atoms with Crippen LogP contribution < -0.4 is 15.4 Å². The second-order valence-corrected chi connectivity index (χ2v) is 5.12. The topological polar surface area (TPSA) is 89.3 Å². The van der Waals surface area contributed by atoms with Crippen molar-refractivity contribution in [3.8, 4) is 5.88 Å². The van der Waals surface area contributed by atoms with Gasteiger partial charge < -0.3 is 19.9 Å². The molecule has 0 spiro atoms. The maximum Gasteiger partial charge on any atom is 0.213 e. The number of ether oxygens (including phenoxy) is 1. The van der Waals surface area contributed by atoms with Crippen LogP contribution in [0.4, 0.5) is 0 Å². The number of aryl methyl sites for hydroxylation is 1. The SMILES string of the molecule is CCNC(=NCc1ccnc(OC)c1)NCCn1cnnc1CC. The summed E-state index contributed by atoms with van der Waals surface area (Å²) >= 11 is 0. The summed E-state index contributed by atoms with van der Waals surface area (Å²) in [5.41, 5.74) is 1.05. The van der Waals surface area contributed by atoms with Crippen LogP contribution in [-0.2, 0) is 19.5 Å². The van der Waals surface area contributed by atoms with E-state index in [0.717, 1.165) is 43.4 Å². The molecule has 0 atom stereocenters. The Balaban J connectivity index is 1.90. The quantitative estimate of drug-likeness (QED) is 0.554. The highest BCUT2D eigenvalue weighted by molar-refractivity contribution is 5.79. The molecule has 2 heterocycles. The van der Waals surface area contributed by atoms with Crippen molar-refractivity contribution >= 4 is 5.96 Å². The molecule has 0 aliphatic heterocycles. The molecule has 2 rings (SSSR count). The number of nitrogens with one attached hydrogen (secondary N) is 2. The summed E-state index contributed by atoms with van der Waals surface area (Å²) in [6, 6.07) is 3.82. The molecule has 0 fully saturated rings. The standard InChI is InChI=1S/C16H25N7O/c1-4-14-22-21-12-23(14)9-8-19-16(17-5-2)20-11-13-6-7-18-15(10-13)24-3/h6-7,10,12H,4-5,8-9,11H2,1-3H3,(H2,17,19,20). The number of pyridine rings is 1. The van der Waals surface area contributed by atoms with E-state index >= 15 is 0 Å². The minimum absolute atomic E-state index is 0.557. The molecular weight excluding hydrogens is 306 g/mol. The van der Waals surface area contributed by atoms with Crippen molar-refractivity contribution < 1.29 is 4.74 Å². The first-order chi connectivity index (χ1) is 11.8. The van der Waals surface area contributed by atoms with Crippen LogP contribution in [0.5, 0.6) is 5.88 Å². The molecule has 0 bridgehead atoms. The number of aliphatic imine (C=N–C) groups is 1. The van der Waals surface area contributed by atoms with Gasteiger partial charge in [0, 0.05) is 38.3 Å². The van der Waals surface area contributed by atoms with Crippen LogP contribution in [0.1, 0.15) is 25.2 Å². The molecule has 2 aromatic rings. The molecule has 0 radical (unpaired) electrons. The smallest absolute Gasteiger partial charge is 0.213 e. The van der Waals surface area contributed by atoms with E-state index in [-0.39, 0.29) is 0 Å². The molecule has 8 heteroatoms. The molecule has 0 saturated heterocycles. The third kappa shape index (κ3) is 5.22. The van der Waals surface area contributed by atoms with Gasteiger partial charge in [-0.3, -0.25) is 0 Å². The van der Waals surface area contributed by atoms with Crippen molar-refractivity contribution in [3.05, 3.63) is 36.0 Å². The fourth-order valence-corrected chi connectivity index (χ4v) is 2.21. The summed E-state index contributed by atoms with van der Waals surface area (Å²) in [4.78, 5) is 8.69. The number of aromatic nitrogens is 4. The molecule has 0 aliphatic rings. The van der Waals surface area contributed by atoms with Crippen LogP contribution >= 0.6 is 0 Å². The van der Waals surface area contributed by atoms with Gasteiger partial charge in [-0.2, -0.15) is 0 Å². The maximum atomic E-state index is 5.13. The van der Waals surface area contributed by atoms with Crippen LogP contribution in [0.2, 0.25) is 0 Å². The van der Waals surface area contributed by atoms with E-state index in [1.807, 2.05) is 23.6 Å².